The van der Waals surface area contributed by atoms with Crippen molar-refractivity contribution in [3.63, 3.8) is 0 Å². The molecule has 0 radical (unpaired) electrons. The largest absolute Gasteiger partial charge is 0.480 e. The lowest BCUT2D eigenvalue weighted by atomic mass is 10.6. The molecule has 0 bridgehead atoms. The first-order valence-electron chi connectivity index (χ1n) is 2.98. The number of nitrogens with two attached hydrogens (primary N) is 1. The second-order valence-corrected chi connectivity index (χ2v) is 3.57. The van der Waals surface area contributed by atoms with E-state index in [1.54, 1.807) is 0 Å². The Morgan fingerprint density at radius 1 is 1.67 bits per heavy atom. The summed E-state index contributed by atoms with van der Waals surface area (Å²) < 4.78 is 21.9. The van der Waals surface area contributed by atoms with E-state index >= 15 is 0 Å². The number of carboxylic acids is 1. The molecule has 0 unspecified atom stereocenters. The maximum absolute atomic E-state index is 10.6. The fraction of sp³-hybridized carbons (Fsp3) is 0.400. The van der Waals surface area contributed by atoms with Crippen molar-refractivity contribution in [2.45, 2.75) is 0 Å². The van der Waals surface area contributed by atoms with Gasteiger partial charge in [-0.3, -0.25) is 4.79 Å². The summed E-state index contributed by atoms with van der Waals surface area (Å²) in [6.45, 7) is 2.51. The minimum Gasteiger partial charge on any atom is -0.480 e. The van der Waals surface area contributed by atoms with Crippen LogP contribution in [0.4, 0.5) is 0 Å². The number of aliphatic carboxylic acids is 1. The lowest BCUT2D eigenvalue weighted by molar-refractivity contribution is -0.137. The molecule has 0 saturated heterocycles. The van der Waals surface area contributed by atoms with Gasteiger partial charge in [0.05, 0.1) is 0 Å². The molecular formula is C5H10N2O4S. The first kappa shape index (κ1) is 11.1. The van der Waals surface area contributed by atoms with E-state index in [4.69, 9.17) is 10.2 Å². The second kappa shape index (κ2) is 4.19. The summed E-state index contributed by atoms with van der Waals surface area (Å²) in [7, 11) is -3.94. The molecule has 0 rings (SSSR count). The summed E-state index contributed by atoms with van der Waals surface area (Å²) in [5.74, 6) is -1.26. The smallest absolute Gasteiger partial charge is 0.318 e. The van der Waals surface area contributed by atoms with Crippen LogP contribution in [0.5, 0.6) is 0 Å². The Morgan fingerprint density at radius 2 is 2.17 bits per heavy atom. The maximum atomic E-state index is 10.6. The third-order valence-corrected chi connectivity index (χ3v) is 2.00. The molecule has 0 aromatic rings. The van der Waals surface area contributed by atoms with Gasteiger partial charge in [-0.15, -0.1) is 6.58 Å². The molecule has 0 atom stereocenters. The Bertz CT molecular complexity index is 271. The van der Waals surface area contributed by atoms with Crippen molar-refractivity contribution < 1.29 is 18.3 Å². The maximum Gasteiger partial charge on any atom is 0.318 e. The number of rotatable bonds is 5. The van der Waals surface area contributed by atoms with Crippen LogP contribution in [0.25, 0.3) is 0 Å². The number of carboxylic acid groups (broad SMARTS) is 1. The summed E-state index contributed by atoms with van der Waals surface area (Å²) in [5.41, 5.74) is 0. The number of nitrogens with zero attached hydrogens (tertiary/aromatic N) is 1. The average Bonchev–Trinajstić information content (AvgIpc) is 1.83. The molecule has 0 aliphatic heterocycles. The number of hydrogen-bond donors (Lipinski definition) is 2. The number of carbonyl (C=O) groups is 1. The Morgan fingerprint density at radius 3 is 2.42 bits per heavy atom. The third-order valence-electron chi connectivity index (χ3n) is 1.00. The van der Waals surface area contributed by atoms with E-state index in [2.05, 4.69) is 6.58 Å². The van der Waals surface area contributed by atoms with Crippen LogP contribution in [-0.4, -0.2) is 36.9 Å². The summed E-state index contributed by atoms with van der Waals surface area (Å²) in [6.07, 6.45) is 1.26. The molecular weight excluding hydrogens is 184 g/mol. The van der Waals surface area contributed by atoms with Crippen molar-refractivity contribution in [3.05, 3.63) is 12.7 Å². The van der Waals surface area contributed by atoms with Gasteiger partial charge in [0.1, 0.15) is 6.54 Å². The second-order valence-electron chi connectivity index (χ2n) is 2.02. The molecule has 0 amide bonds. The van der Waals surface area contributed by atoms with E-state index in [9.17, 15) is 13.2 Å². The van der Waals surface area contributed by atoms with Crippen molar-refractivity contribution in [1.29, 1.82) is 0 Å². The van der Waals surface area contributed by atoms with Gasteiger partial charge in [0, 0.05) is 6.54 Å². The zero-order chi connectivity index (χ0) is 9.78. The normalized spacial score (nSPS) is 11.5. The van der Waals surface area contributed by atoms with Crippen LogP contribution in [-0.2, 0) is 15.0 Å². The molecule has 0 aromatic carbocycles. The number of hydrogen-bond acceptors (Lipinski definition) is 3. The average molecular weight is 194 g/mol. The van der Waals surface area contributed by atoms with Gasteiger partial charge in [-0.25, -0.2) is 5.14 Å². The van der Waals surface area contributed by atoms with Crippen LogP contribution in [0.15, 0.2) is 12.7 Å². The van der Waals surface area contributed by atoms with E-state index in [0.717, 1.165) is 0 Å². The topological polar surface area (TPSA) is 101 Å². The van der Waals surface area contributed by atoms with Gasteiger partial charge in [0.15, 0.2) is 0 Å². The molecule has 0 aliphatic carbocycles. The third kappa shape index (κ3) is 4.06. The summed E-state index contributed by atoms with van der Waals surface area (Å²) in [6, 6.07) is 0. The molecule has 0 aromatic heterocycles. The molecule has 7 heteroatoms. The van der Waals surface area contributed by atoms with Crippen LogP contribution in [0.1, 0.15) is 0 Å². The molecule has 0 heterocycles. The standard InChI is InChI=1S/C5H10N2O4S/c1-2-3-7(4-5(8)9)12(6,10)11/h2H,1,3-4H2,(H,8,9)(H2,6,10,11). The molecule has 0 fully saturated rings. The predicted octanol–water partition coefficient (Wildman–Crippen LogP) is -1.24. The monoisotopic (exact) mass is 194 g/mol. The minimum absolute atomic E-state index is 0.106. The molecule has 12 heavy (non-hydrogen) atoms. The Hall–Kier alpha value is -0.920. The van der Waals surface area contributed by atoms with E-state index in [1.165, 1.54) is 6.08 Å². The highest BCUT2D eigenvalue weighted by Crippen LogP contribution is 1.93. The van der Waals surface area contributed by atoms with E-state index in [-0.39, 0.29) is 6.54 Å². The zero-order valence-electron chi connectivity index (χ0n) is 6.30. The van der Waals surface area contributed by atoms with Gasteiger partial charge < -0.3 is 5.11 Å². The minimum atomic E-state index is -3.94. The first-order valence-corrected chi connectivity index (χ1v) is 4.49. The SMILES string of the molecule is C=CCN(CC(=O)O)S(N)(=O)=O. The molecule has 0 spiro atoms. The molecule has 3 N–H and O–H groups in total. The molecule has 70 valence electrons. The molecule has 0 aliphatic rings. The van der Waals surface area contributed by atoms with Crippen LogP contribution >= 0.6 is 0 Å². The van der Waals surface area contributed by atoms with E-state index in [1.807, 2.05) is 0 Å². The fourth-order valence-electron chi connectivity index (χ4n) is 0.553. The highest BCUT2D eigenvalue weighted by atomic mass is 32.2. The summed E-state index contributed by atoms with van der Waals surface area (Å²) >= 11 is 0. The molecule has 6 nitrogen and oxygen atoms in total. The lowest BCUT2D eigenvalue weighted by Gasteiger charge is -2.13. The van der Waals surface area contributed by atoms with Crippen molar-refractivity contribution in [1.82, 2.24) is 4.31 Å². The van der Waals surface area contributed by atoms with Gasteiger partial charge in [-0.1, -0.05) is 6.08 Å². The van der Waals surface area contributed by atoms with Gasteiger partial charge in [0.2, 0.25) is 0 Å². The Balaban J connectivity index is 4.44. The predicted molar refractivity (Wildman–Crippen MR) is 42.5 cm³/mol. The summed E-state index contributed by atoms with van der Waals surface area (Å²) in [4.78, 5) is 10.1. The van der Waals surface area contributed by atoms with Crippen LogP contribution < -0.4 is 5.14 Å². The van der Waals surface area contributed by atoms with Crippen molar-refractivity contribution in [2.24, 2.45) is 5.14 Å². The first-order chi connectivity index (χ1) is 5.38. The zero-order valence-corrected chi connectivity index (χ0v) is 7.12. The van der Waals surface area contributed by atoms with Gasteiger partial charge in [-0.2, -0.15) is 12.7 Å². The summed E-state index contributed by atoms with van der Waals surface area (Å²) in [5, 5.41) is 13.0. The van der Waals surface area contributed by atoms with Crippen molar-refractivity contribution in [3.8, 4) is 0 Å². The van der Waals surface area contributed by atoms with Crippen LogP contribution in [0.3, 0.4) is 0 Å². The van der Waals surface area contributed by atoms with Gasteiger partial charge >= 0.3 is 5.97 Å². The van der Waals surface area contributed by atoms with Crippen molar-refractivity contribution >= 4 is 16.2 Å². The highest BCUT2D eigenvalue weighted by molar-refractivity contribution is 7.86. The Labute approximate surface area is 70.5 Å². The van der Waals surface area contributed by atoms with E-state index < -0.39 is 22.7 Å². The van der Waals surface area contributed by atoms with Crippen molar-refractivity contribution in [2.75, 3.05) is 13.1 Å². The lowest BCUT2D eigenvalue weighted by Crippen LogP contribution is -2.40. The van der Waals surface area contributed by atoms with Crippen LogP contribution in [0, 0.1) is 0 Å². The quantitative estimate of drug-likeness (QED) is 0.534. The Kier molecular flexibility index (Phi) is 3.87. The van der Waals surface area contributed by atoms with Crippen LogP contribution in [0.2, 0.25) is 0 Å². The fourth-order valence-corrected chi connectivity index (χ4v) is 1.16. The van der Waals surface area contributed by atoms with Gasteiger partial charge in [-0.05, 0) is 0 Å². The highest BCUT2D eigenvalue weighted by Gasteiger charge is 2.18. The molecule has 0 saturated carbocycles. The van der Waals surface area contributed by atoms with E-state index in [0.29, 0.717) is 4.31 Å². The van der Waals surface area contributed by atoms with Gasteiger partial charge in [0.25, 0.3) is 10.2 Å².